The molecule has 6 heteroatoms. The van der Waals surface area contributed by atoms with E-state index in [-0.39, 0.29) is 12.0 Å². The van der Waals surface area contributed by atoms with Crippen LogP contribution in [-0.2, 0) is 16.0 Å². The van der Waals surface area contributed by atoms with Crippen LogP contribution in [0.2, 0.25) is 0 Å². The molecule has 1 aromatic rings. The number of hydrogen-bond donors (Lipinski definition) is 1. The molecule has 0 spiro atoms. The monoisotopic (exact) mass is 373 g/mol. The smallest absolute Gasteiger partial charge is 0.324 e. The summed E-state index contributed by atoms with van der Waals surface area (Å²) in [5, 5.41) is 3.45. The number of esters is 1. The molecule has 6 nitrogen and oxygen atoms in total. The van der Waals surface area contributed by atoms with Crippen molar-refractivity contribution in [1.29, 1.82) is 0 Å². The number of methoxy groups -OCH3 is 1. The largest absolute Gasteiger partial charge is 0.469 e. The van der Waals surface area contributed by atoms with Gasteiger partial charge in [-0.05, 0) is 68.8 Å². The number of ether oxygens (including phenoxy) is 1. The normalized spacial score (nSPS) is 20.6. The van der Waals surface area contributed by atoms with Crippen LogP contribution in [-0.4, -0.2) is 56.7 Å². The summed E-state index contributed by atoms with van der Waals surface area (Å²) < 4.78 is 4.68. The first-order valence-corrected chi connectivity index (χ1v) is 10.1. The maximum absolute atomic E-state index is 12.8. The van der Waals surface area contributed by atoms with Gasteiger partial charge in [-0.1, -0.05) is 12.1 Å². The Morgan fingerprint density at radius 1 is 1.19 bits per heavy atom. The van der Waals surface area contributed by atoms with Crippen molar-refractivity contribution in [3.05, 3.63) is 29.8 Å². The summed E-state index contributed by atoms with van der Waals surface area (Å²) in [5.74, 6) is 0.532. The standard InChI is InChI=1S/C21H31N3O3/c1-27-20(25)9-6-18-4-7-19(8-5-18)24-16-15-23(21(24)26)14-11-17-3-2-12-22-13-10-17/h4-5,7-8,17,22H,2-3,6,9-16H2,1H3. The van der Waals surface area contributed by atoms with Crippen molar-refractivity contribution in [3.63, 3.8) is 0 Å². The van der Waals surface area contributed by atoms with Gasteiger partial charge in [-0.25, -0.2) is 4.79 Å². The van der Waals surface area contributed by atoms with E-state index >= 15 is 0 Å². The fourth-order valence-corrected chi connectivity index (χ4v) is 3.94. The highest BCUT2D eigenvalue weighted by Crippen LogP contribution is 2.23. The predicted octanol–water partition coefficient (Wildman–Crippen LogP) is 2.81. The molecule has 1 N–H and O–H groups in total. The molecule has 2 fully saturated rings. The fourth-order valence-electron chi connectivity index (χ4n) is 3.94. The molecule has 1 atom stereocenters. The van der Waals surface area contributed by atoms with Gasteiger partial charge >= 0.3 is 12.0 Å². The Bertz CT molecular complexity index is 624. The van der Waals surface area contributed by atoms with E-state index in [9.17, 15) is 9.59 Å². The van der Waals surface area contributed by atoms with Crippen molar-refractivity contribution in [3.8, 4) is 0 Å². The number of urea groups is 1. The zero-order chi connectivity index (χ0) is 19.1. The minimum atomic E-state index is -0.200. The van der Waals surface area contributed by atoms with Crippen LogP contribution in [0.3, 0.4) is 0 Å². The van der Waals surface area contributed by atoms with Crippen molar-refractivity contribution in [2.24, 2.45) is 5.92 Å². The molecule has 1 aromatic carbocycles. The van der Waals surface area contributed by atoms with E-state index in [4.69, 9.17) is 0 Å². The summed E-state index contributed by atoms with van der Waals surface area (Å²) in [5.41, 5.74) is 2.01. The molecule has 2 saturated heterocycles. The fraction of sp³-hybridized carbons (Fsp3) is 0.619. The van der Waals surface area contributed by atoms with Gasteiger partial charge in [-0.2, -0.15) is 0 Å². The molecule has 2 amide bonds. The Hall–Kier alpha value is -2.08. The zero-order valence-electron chi connectivity index (χ0n) is 16.3. The van der Waals surface area contributed by atoms with Crippen LogP contribution in [0.4, 0.5) is 10.5 Å². The van der Waals surface area contributed by atoms with Crippen molar-refractivity contribution < 1.29 is 14.3 Å². The molecule has 0 aliphatic carbocycles. The Labute approximate surface area is 161 Å². The predicted molar refractivity (Wildman–Crippen MR) is 106 cm³/mol. The van der Waals surface area contributed by atoms with E-state index < -0.39 is 0 Å². The zero-order valence-corrected chi connectivity index (χ0v) is 16.3. The molecule has 148 valence electrons. The van der Waals surface area contributed by atoms with Crippen molar-refractivity contribution in [1.82, 2.24) is 10.2 Å². The van der Waals surface area contributed by atoms with Crippen LogP contribution in [0.25, 0.3) is 0 Å². The number of carbonyl (C=O) groups is 2. The number of nitrogens with one attached hydrogen (secondary N) is 1. The van der Waals surface area contributed by atoms with Crippen molar-refractivity contribution in [2.75, 3.05) is 44.7 Å². The number of carbonyl (C=O) groups excluding carboxylic acids is 2. The molecule has 0 radical (unpaired) electrons. The number of anilines is 1. The number of benzene rings is 1. The molecule has 27 heavy (non-hydrogen) atoms. The maximum atomic E-state index is 12.8. The average molecular weight is 373 g/mol. The number of amides is 2. The first kappa shape index (κ1) is 19.7. The van der Waals surface area contributed by atoms with Crippen LogP contribution < -0.4 is 10.2 Å². The number of nitrogens with zero attached hydrogens (tertiary/aromatic N) is 2. The Morgan fingerprint density at radius 3 is 2.78 bits per heavy atom. The number of hydrogen-bond acceptors (Lipinski definition) is 4. The molecular formula is C21H31N3O3. The van der Waals surface area contributed by atoms with Crippen molar-refractivity contribution >= 4 is 17.7 Å². The minimum absolute atomic E-state index is 0.115. The lowest BCUT2D eigenvalue weighted by molar-refractivity contribution is -0.140. The lowest BCUT2D eigenvalue weighted by Gasteiger charge is -2.21. The highest BCUT2D eigenvalue weighted by Gasteiger charge is 2.29. The van der Waals surface area contributed by atoms with Crippen LogP contribution in [0.1, 0.15) is 37.7 Å². The van der Waals surface area contributed by atoms with E-state index in [2.05, 4.69) is 10.1 Å². The van der Waals surface area contributed by atoms with Gasteiger partial charge < -0.3 is 15.0 Å². The second-order valence-electron chi connectivity index (χ2n) is 7.50. The highest BCUT2D eigenvalue weighted by atomic mass is 16.5. The average Bonchev–Trinajstić information content (AvgIpc) is 2.89. The molecule has 0 saturated carbocycles. The summed E-state index contributed by atoms with van der Waals surface area (Å²) in [6, 6.07) is 8.05. The Kier molecular flexibility index (Phi) is 7.10. The molecule has 1 unspecified atom stereocenters. The van der Waals surface area contributed by atoms with E-state index in [1.54, 1.807) is 0 Å². The molecule has 3 rings (SSSR count). The van der Waals surface area contributed by atoms with Gasteiger partial charge in [0.05, 0.1) is 7.11 Å². The number of aryl methyl sites for hydroxylation is 1. The van der Waals surface area contributed by atoms with Gasteiger partial charge in [-0.15, -0.1) is 0 Å². The maximum Gasteiger partial charge on any atom is 0.324 e. The summed E-state index contributed by atoms with van der Waals surface area (Å²) in [7, 11) is 1.41. The van der Waals surface area contributed by atoms with Crippen LogP contribution in [0.15, 0.2) is 24.3 Å². The van der Waals surface area contributed by atoms with Gasteiger partial charge in [-0.3, -0.25) is 9.69 Å². The highest BCUT2D eigenvalue weighted by molar-refractivity contribution is 5.94. The van der Waals surface area contributed by atoms with E-state index in [1.807, 2.05) is 34.1 Å². The van der Waals surface area contributed by atoms with Crippen LogP contribution >= 0.6 is 0 Å². The van der Waals surface area contributed by atoms with E-state index in [0.29, 0.717) is 12.8 Å². The summed E-state index contributed by atoms with van der Waals surface area (Å²) in [6.07, 6.45) is 5.87. The van der Waals surface area contributed by atoms with E-state index in [0.717, 1.165) is 56.3 Å². The first-order valence-electron chi connectivity index (χ1n) is 10.1. The van der Waals surface area contributed by atoms with Gasteiger partial charge in [0.2, 0.25) is 0 Å². The third-order valence-corrected chi connectivity index (χ3v) is 5.69. The molecule has 2 aliphatic heterocycles. The first-order chi connectivity index (χ1) is 13.2. The third-order valence-electron chi connectivity index (χ3n) is 5.69. The lowest BCUT2D eigenvalue weighted by Crippen LogP contribution is -2.33. The van der Waals surface area contributed by atoms with Crippen LogP contribution in [0, 0.1) is 5.92 Å². The SMILES string of the molecule is COC(=O)CCc1ccc(N2CCN(CCC3CCCNCC3)C2=O)cc1. The third kappa shape index (κ3) is 5.45. The quantitative estimate of drug-likeness (QED) is 0.747. The minimum Gasteiger partial charge on any atom is -0.469 e. The molecule has 2 heterocycles. The Morgan fingerprint density at radius 2 is 2.00 bits per heavy atom. The molecule has 0 aromatic heterocycles. The Balaban J connectivity index is 1.49. The molecule has 0 bridgehead atoms. The molecular weight excluding hydrogens is 342 g/mol. The second-order valence-corrected chi connectivity index (χ2v) is 7.50. The van der Waals surface area contributed by atoms with Gasteiger partial charge in [0.1, 0.15) is 0 Å². The van der Waals surface area contributed by atoms with Gasteiger partial charge in [0, 0.05) is 31.7 Å². The van der Waals surface area contributed by atoms with Gasteiger partial charge in [0.15, 0.2) is 0 Å². The van der Waals surface area contributed by atoms with Gasteiger partial charge in [0.25, 0.3) is 0 Å². The van der Waals surface area contributed by atoms with Crippen LogP contribution in [0.5, 0.6) is 0 Å². The lowest BCUT2D eigenvalue weighted by atomic mass is 9.97. The summed E-state index contributed by atoms with van der Waals surface area (Å²) >= 11 is 0. The second kappa shape index (κ2) is 9.74. The molecule has 2 aliphatic rings. The topological polar surface area (TPSA) is 61.9 Å². The number of rotatable bonds is 7. The van der Waals surface area contributed by atoms with E-state index in [1.165, 1.54) is 26.4 Å². The summed E-state index contributed by atoms with van der Waals surface area (Å²) in [4.78, 5) is 27.9. The van der Waals surface area contributed by atoms with Crippen molar-refractivity contribution in [2.45, 2.75) is 38.5 Å². The summed E-state index contributed by atoms with van der Waals surface area (Å²) in [6.45, 7) is 4.63.